The van der Waals surface area contributed by atoms with E-state index in [1.54, 1.807) is 6.26 Å². The molecule has 5 nitrogen and oxygen atoms in total. The van der Waals surface area contributed by atoms with Gasteiger partial charge in [-0.25, -0.2) is 0 Å². The van der Waals surface area contributed by atoms with Gasteiger partial charge in [0.15, 0.2) is 5.76 Å². The first-order valence-corrected chi connectivity index (χ1v) is 8.54. The van der Waals surface area contributed by atoms with E-state index in [1.807, 2.05) is 17.0 Å². The molecule has 4 rings (SSSR count). The van der Waals surface area contributed by atoms with Gasteiger partial charge in [0, 0.05) is 38.3 Å². The summed E-state index contributed by atoms with van der Waals surface area (Å²) in [7, 11) is 0. The van der Waals surface area contributed by atoms with E-state index in [9.17, 15) is 4.79 Å². The van der Waals surface area contributed by atoms with E-state index in [1.165, 1.54) is 11.1 Å². The van der Waals surface area contributed by atoms with Gasteiger partial charge < -0.3 is 14.1 Å². The Morgan fingerprint density at radius 3 is 2.67 bits per heavy atom. The lowest BCUT2D eigenvalue weighted by Gasteiger charge is -2.29. The summed E-state index contributed by atoms with van der Waals surface area (Å²) in [5.41, 5.74) is 3.55. The topological polar surface area (TPSA) is 45.9 Å². The average Bonchev–Trinajstić information content (AvgIpc) is 3.09. The van der Waals surface area contributed by atoms with E-state index in [-0.39, 0.29) is 5.91 Å². The standard InChI is InChI=1S/C19H22N2O3/c22-19(21-7-5-15-3-1-2-4-16(15)14-21)18-17(6-10-24-18)13-20-8-11-23-12-9-20/h1-4,6,10H,5,7-9,11-14H2. The van der Waals surface area contributed by atoms with Gasteiger partial charge in [-0.3, -0.25) is 9.69 Å². The molecule has 1 fully saturated rings. The number of carbonyl (C=O) groups excluding carboxylic acids is 1. The van der Waals surface area contributed by atoms with Crippen LogP contribution in [0.4, 0.5) is 0 Å². The van der Waals surface area contributed by atoms with Crippen LogP contribution in [0.3, 0.4) is 0 Å². The predicted molar refractivity (Wildman–Crippen MR) is 89.7 cm³/mol. The number of benzene rings is 1. The Labute approximate surface area is 141 Å². The SMILES string of the molecule is O=C(c1occc1CN1CCOCC1)N1CCc2ccccc2C1. The molecule has 0 bridgehead atoms. The third kappa shape index (κ3) is 3.09. The molecule has 0 aliphatic carbocycles. The fourth-order valence-corrected chi connectivity index (χ4v) is 3.46. The predicted octanol–water partition coefficient (Wildman–Crippen LogP) is 2.31. The van der Waals surface area contributed by atoms with E-state index in [0.29, 0.717) is 12.3 Å². The van der Waals surface area contributed by atoms with Crippen molar-refractivity contribution in [3.63, 3.8) is 0 Å². The molecule has 126 valence electrons. The zero-order valence-corrected chi connectivity index (χ0v) is 13.7. The van der Waals surface area contributed by atoms with Gasteiger partial charge >= 0.3 is 0 Å². The molecule has 1 aromatic heterocycles. The molecular formula is C19H22N2O3. The van der Waals surface area contributed by atoms with E-state index in [4.69, 9.17) is 9.15 Å². The number of rotatable bonds is 3. The number of hydrogen-bond acceptors (Lipinski definition) is 4. The highest BCUT2D eigenvalue weighted by molar-refractivity contribution is 5.93. The number of furan rings is 1. The maximum atomic E-state index is 12.9. The molecule has 1 amide bonds. The fourth-order valence-electron chi connectivity index (χ4n) is 3.46. The molecule has 2 aromatic rings. The van der Waals surface area contributed by atoms with Crippen molar-refractivity contribution >= 4 is 5.91 Å². The summed E-state index contributed by atoms with van der Waals surface area (Å²) in [4.78, 5) is 17.1. The lowest BCUT2D eigenvalue weighted by atomic mass is 9.99. The van der Waals surface area contributed by atoms with E-state index in [2.05, 4.69) is 23.1 Å². The zero-order chi connectivity index (χ0) is 16.4. The quantitative estimate of drug-likeness (QED) is 0.868. The summed E-state index contributed by atoms with van der Waals surface area (Å²) >= 11 is 0. The Kier molecular flexibility index (Phi) is 4.36. The van der Waals surface area contributed by atoms with Crippen molar-refractivity contribution in [1.29, 1.82) is 0 Å². The molecule has 0 spiro atoms. The van der Waals surface area contributed by atoms with Crippen LogP contribution in [0.5, 0.6) is 0 Å². The summed E-state index contributed by atoms with van der Waals surface area (Å²) < 4.78 is 10.9. The zero-order valence-electron chi connectivity index (χ0n) is 13.7. The highest BCUT2D eigenvalue weighted by Crippen LogP contribution is 2.22. The molecule has 0 saturated carbocycles. The van der Waals surface area contributed by atoms with Crippen molar-refractivity contribution in [3.05, 3.63) is 59.0 Å². The maximum absolute atomic E-state index is 12.9. The van der Waals surface area contributed by atoms with E-state index in [0.717, 1.165) is 51.4 Å². The lowest BCUT2D eigenvalue weighted by Crippen LogP contribution is -2.38. The molecule has 24 heavy (non-hydrogen) atoms. The van der Waals surface area contributed by atoms with Gasteiger partial charge in [-0.05, 0) is 23.6 Å². The van der Waals surface area contributed by atoms with Crippen LogP contribution >= 0.6 is 0 Å². The minimum Gasteiger partial charge on any atom is -0.459 e. The third-order valence-electron chi connectivity index (χ3n) is 4.86. The molecule has 0 radical (unpaired) electrons. The molecular weight excluding hydrogens is 304 g/mol. The molecule has 0 N–H and O–H groups in total. The maximum Gasteiger partial charge on any atom is 0.290 e. The minimum absolute atomic E-state index is 0.00207. The van der Waals surface area contributed by atoms with Gasteiger partial charge in [0.05, 0.1) is 19.5 Å². The molecule has 2 aliphatic heterocycles. The van der Waals surface area contributed by atoms with Gasteiger partial charge in [0.1, 0.15) is 0 Å². The number of fused-ring (bicyclic) bond motifs is 1. The number of ether oxygens (including phenoxy) is 1. The Bertz CT molecular complexity index is 719. The van der Waals surface area contributed by atoms with Gasteiger partial charge in [0.25, 0.3) is 5.91 Å². The smallest absolute Gasteiger partial charge is 0.290 e. The van der Waals surface area contributed by atoms with Gasteiger partial charge in [-0.15, -0.1) is 0 Å². The molecule has 2 aliphatic rings. The van der Waals surface area contributed by atoms with Crippen molar-refractivity contribution in [2.75, 3.05) is 32.8 Å². The minimum atomic E-state index is -0.00207. The monoisotopic (exact) mass is 326 g/mol. The molecule has 1 aromatic carbocycles. The van der Waals surface area contributed by atoms with E-state index >= 15 is 0 Å². The second-order valence-electron chi connectivity index (χ2n) is 6.41. The normalized spacial score (nSPS) is 18.4. The van der Waals surface area contributed by atoms with Crippen molar-refractivity contribution in [3.8, 4) is 0 Å². The Balaban J connectivity index is 1.48. The summed E-state index contributed by atoms with van der Waals surface area (Å²) in [6.45, 7) is 5.45. The lowest BCUT2D eigenvalue weighted by molar-refractivity contribution is 0.0338. The first kappa shape index (κ1) is 15.4. The average molecular weight is 326 g/mol. The second-order valence-corrected chi connectivity index (χ2v) is 6.41. The molecule has 0 unspecified atom stereocenters. The van der Waals surface area contributed by atoms with Crippen LogP contribution in [0.1, 0.15) is 27.2 Å². The number of carbonyl (C=O) groups is 1. The summed E-state index contributed by atoms with van der Waals surface area (Å²) in [5.74, 6) is 0.485. The van der Waals surface area contributed by atoms with E-state index < -0.39 is 0 Å². The molecule has 0 atom stereocenters. The van der Waals surface area contributed by atoms with Gasteiger partial charge in [-0.1, -0.05) is 24.3 Å². The van der Waals surface area contributed by atoms with Crippen LogP contribution in [0.25, 0.3) is 0 Å². The van der Waals surface area contributed by atoms with Crippen LogP contribution in [0.15, 0.2) is 41.0 Å². The Morgan fingerprint density at radius 1 is 1.04 bits per heavy atom. The third-order valence-corrected chi connectivity index (χ3v) is 4.86. The number of amides is 1. The van der Waals surface area contributed by atoms with Crippen molar-refractivity contribution < 1.29 is 13.9 Å². The first-order chi connectivity index (χ1) is 11.8. The molecule has 5 heteroatoms. The van der Waals surface area contributed by atoms with Crippen molar-refractivity contribution in [2.24, 2.45) is 0 Å². The van der Waals surface area contributed by atoms with Crippen LogP contribution in [-0.4, -0.2) is 48.6 Å². The molecule has 1 saturated heterocycles. The first-order valence-electron chi connectivity index (χ1n) is 8.54. The van der Waals surface area contributed by atoms with Crippen LogP contribution < -0.4 is 0 Å². The largest absolute Gasteiger partial charge is 0.459 e. The number of hydrogen-bond donors (Lipinski definition) is 0. The number of morpholine rings is 1. The summed E-state index contributed by atoms with van der Waals surface area (Å²) in [6.07, 6.45) is 2.53. The highest BCUT2D eigenvalue weighted by atomic mass is 16.5. The molecule has 3 heterocycles. The van der Waals surface area contributed by atoms with Crippen LogP contribution in [-0.2, 0) is 24.2 Å². The number of nitrogens with zero attached hydrogens (tertiary/aromatic N) is 2. The second kappa shape index (κ2) is 6.79. The Hall–Kier alpha value is -2.11. The Morgan fingerprint density at radius 2 is 1.83 bits per heavy atom. The van der Waals surface area contributed by atoms with Crippen molar-refractivity contribution in [1.82, 2.24) is 9.80 Å². The summed E-state index contributed by atoms with van der Waals surface area (Å²) in [6, 6.07) is 10.3. The fraction of sp³-hybridized carbons (Fsp3) is 0.421. The van der Waals surface area contributed by atoms with Crippen molar-refractivity contribution in [2.45, 2.75) is 19.5 Å². The van der Waals surface area contributed by atoms with Gasteiger partial charge in [0.2, 0.25) is 0 Å². The van der Waals surface area contributed by atoms with Crippen LogP contribution in [0.2, 0.25) is 0 Å². The highest BCUT2D eigenvalue weighted by Gasteiger charge is 2.26. The summed E-state index contributed by atoms with van der Waals surface area (Å²) in [5, 5.41) is 0. The van der Waals surface area contributed by atoms with Gasteiger partial charge in [-0.2, -0.15) is 0 Å². The van der Waals surface area contributed by atoms with Crippen LogP contribution in [0, 0.1) is 0 Å².